The second kappa shape index (κ2) is 5.71. The number of anilines is 1. The summed E-state index contributed by atoms with van der Waals surface area (Å²) in [6, 6.07) is 0. The highest BCUT2D eigenvalue weighted by Crippen LogP contribution is 2.27. The predicted octanol–water partition coefficient (Wildman–Crippen LogP) is 3.63. The Kier molecular flexibility index (Phi) is 4.80. The Morgan fingerprint density at radius 2 is 1.88 bits per heavy atom. The molecule has 0 spiro atoms. The quantitative estimate of drug-likeness (QED) is 0.657. The first-order valence-corrected chi connectivity index (χ1v) is 7.29. The van der Waals surface area contributed by atoms with E-state index < -0.39 is 0 Å². The van der Waals surface area contributed by atoms with Crippen LogP contribution in [0.3, 0.4) is 0 Å². The van der Waals surface area contributed by atoms with Crippen molar-refractivity contribution in [2.75, 3.05) is 18.1 Å². The third kappa shape index (κ3) is 3.60. The van der Waals surface area contributed by atoms with Gasteiger partial charge in [-0.25, -0.2) is 9.97 Å². The van der Waals surface area contributed by atoms with Gasteiger partial charge < -0.3 is 5.32 Å². The van der Waals surface area contributed by atoms with Crippen molar-refractivity contribution in [2.45, 2.75) is 51.5 Å². The maximum atomic E-state index is 4.65. The third-order valence-corrected chi connectivity index (χ3v) is 3.29. The van der Waals surface area contributed by atoms with Crippen molar-refractivity contribution in [3.63, 3.8) is 0 Å². The van der Waals surface area contributed by atoms with Crippen LogP contribution in [-0.4, -0.2) is 22.8 Å². The SMILES string of the molecule is CCCNc1nc(C(C)(C)C)nc(SC)c1C. The van der Waals surface area contributed by atoms with Gasteiger partial charge in [-0.05, 0) is 19.6 Å². The molecule has 1 aromatic heterocycles. The topological polar surface area (TPSA) is 37.8 Å². The monoisotopic (exact) mass is 253 g/mol. The van der Waals surface area contributed by atoms with E-state index in [9.17, 15) is 0 Å². The van der Waals surface area contributed by atoms with Crippen LogP contribution < -0.4 is 5.32 Å². The molecule has 0 saturated carbocycles. The van der Waals surface area contributed by atoms with Crippen LogP contribution in [0.15, 0.2) is 5.03 Å². The van der Waals surface area contributed by atoms with Crippen molar-refractivity contribution in [1.29, 1.82) is 0 Å². The van der Waals surface area contributed by atoms with Gasteiger partial charge >= 0.3 is 0 Å². The van der Waals surface area contributed by atoms with Crippen LogP contribution in [0.5, 0.6) is 0 Å². The smallest absolute Gasteiger partial charge is 0.137 e. The number of rotatable bonds is 4. The summed E-state index contributed by atoms with van der Waals surface area (Å²) in [5.41, 5.74) is 1.14. The molecule has 96 valence electrons. The number of nitrogens with one attached hydrogen (secondary N) is 1. The van der Waals surface area contributed by atoms with E-state index in [1.54, 1.807) is 11.8 Å². The fourth-order valence-corrected chi connectivity index (χ4v) is 2.03. The summed E-state index contributed by atoms with van der Waals surface area (Å²) >= 11 is 1.68. The molecule has 0 aliphatic heterocycles. The maximum Gasteiger partial charge on any atom is 0.137 e. The summed E-state index contributed by atoms with van der Waals surface area (Å²) < 4.78 is 0. The Labute approximate surface area is 109 Å². The van der Waals surface area contributed by atoms with Gasteiger partial charge in [-0.15, -0.1) is 11.8 Å². The molecule has 0 bridgehead atoms. The Morgan fingerprint density at radius 1 is 1.24 bits per heavy atom. The van der Waals surface area contributed by atoms with E-state index in [1.807, 2.05) is 0 Å². The zero-order valence-electron chi connectivity index (χ0n) is 11.7. The molecule has 0 radical (unpaired) electrons. The lowest BCUT2D eigenvalue weighted by Gasteiger charge is -2.20. The molecule has 17 heavy (non-hydrogen) atoms. The van der Waals surface area contributed by atoms with Crippen LogP contribution >= 0.6 is 11.8 Å². The van der Waals surface area contributed by atoms with Gasteiger partial charge in [0, 0.05) is 17.5 Å². The minimum absolute atomic E-state index is 0.0131. The number of thioether (sulfide) groups is 1. The summed E-state index contributed by atoms with van der Waals surface area (Å²) in [6.07, 6.45) is 3.16. The molecule has 0 aliphatic carbocycles. The Hall–Kier alpha value is -0.770. The highest BCUT2D eigenvalue weighted by molar-refractivity contribution is 7.98. The van der Waals surface area contributed by atoms with Gasteiger partial charge in [0.2, 0.25) is 0 Å². The Balaban J connectivity index is 3.19. The lowest BCUT2D eigenvalue weighted by atomic mass is 9.95. The molecule has 1 aromatic rings. The molecule has 4 heteroatoms. The van der Waals surface area contributed by atoms with Crippen LogP contribution in [-0.2, 0) is 5.41 Å². The minimum atomic E-state index is -0.0131. The first kappa shape index (κ1) is 14.3. The van der Waals surface area contributed by atoms with Crippen LogP contribution in [0.4, 0.5) is 5.82 Å². The zero-order valence-corrected chi connectivity index (χ0v) is 12.5. The predicted molar refractivity (Wildman–Crippen MR) is 76.0 cm³/mol. The molecule has 0 unspecified atom stereocenters. The molecule has 0 aliphatic rings. The molecular weight excluding hydrogens is 230 g/mol. The molecule has 0 saturated heterocycles. The largest absolute Gasteiger partial charge is 0.370 e. The van der Waals surface area contributed by atoms with Crippen LogP contribution in [0.2, 0.25) is 0 Å². The van der Waals surface area contributed by atoms with Crippen molar-refractivity contribution in [3.05, 3.63) is 11.4 Å². The molecule has 1 N–H and O–H groups in total. The van der Waals surface area contributed by atoms with Crippen LogP contribution in [0, 0.1) is 6.92 Å². The van der Waals surface area contributed by atoms with Gasteiger partial charge in [-0.3, -0.25) is 0 Å². The van der Waals surface area contributed by atoms with Crippen LogP contribution in [0.1, 0.15) is 45.5 Å². The zero-order chi connectivity index (χ0) is 13.1. The van der Waals surface area contributed by atoms with E-state index in [4.69, 9.17) is 0 Å². The summed E-state index contributed by atoms with van der Waals surface area (Å²) in [7, 11) is 0. The molecule has 0 fully saturated rings. The van der Waals surface area contributed by atoms with Gasteiger partial charge in [0.25, 0.3) is 0 Å². The molecule has 1 heterocycles. The van der Waals surface area contributed by atoms with Gasteiger partial charge in [0.15, 0.2) is 0 Å². The van der Waals surface area contributed by atoms with Crippen molar-refractivity contribution < 1.29 is 0 Å². The van der Waals surface area contributed by atoms with E-state index in [0.29, 0.717) is 0 Å². The Morgan fingerprint density at radius 3 is 2.35 bits per heavy atom. The minimum Gasteiger partial charge on any atom is -0.370 e. The highest BCUT2D eigenvalue weighted by atomic mass is 32.2. The molecule has 1 rings (SSSR count). The lowest BCUT2D eigenvalue weighted by molar-refractivity contribution is 0.538. The molecule has 3 nitrogen and oxygen atoms in total. The van der Waals surface area contributed by atoms with E-state index >= 15 is 0 Å². The molecule has 0 amide bonds. The highest BCUT2D eigenvalue weighted by Gasteiger charge is 2.20. The standard InChI is InChI=1S/C13H23N3S/c1-7-8-14-10-9(2)11(17-6)16-12(15-10)13(3,4)5/h7-8H2,1-6H3,(H,14,15,16). The van der Waals surface area contributed by atoms with Gasteiger partial charge in [-0.1, -0.05) is 27.7 Å². The van der Waals surface area contributed by atoms with Gasteiger partial charge in [0.05, 0.1) is 0 Å². The van der Waals surface area contributed by atoms with Gasteiger partial charge in [-0.2, -0.15) is 0 Å². The number of nitrogens with zero attached hydrogens (tertiary/aromatic N) is 2. The van der Waals surface area contributed by atoms with E-state index in [0.717, 1.165) is 35.2 Å². The van der Waals surface area contributed by atoms with Crippen molar-refractivity contribution in [2.24, 2.45) is 0 Å². The lowest BCUT2D eigenvalue weighted by Crippen LogP contribution is -2.19. The summed E-state index contributed by atoms with van der Waals surface area (Å²) in [4.78, 5) is 9.30. The molecule has 0 aromatic carbocycles. The van der Waals surface area contributed by atoms with E-state index in [1.165, 1.54) is 0 Å². The van der Waals surface area contributed by atoms with Crippen molar-refractivity contribution in [3.8, 4) is 0 Å². The normalized spacial score (nSPS) is 11.6. The Bertz CT molecular complexity index is 383. The number of aromatic nitrogens is 2. The summed E-state index contributed by atoms with van der Waals surface area (Å²) in [6.45, 7) is 11.6. The van der Waals surface area contributed by atoms with Crippen molar-refractivity contribution in [1.82, 2.24) is 9.97 Å². The summed E-state index contributed by atoms with van der Waals surface area (Å²) in [5.74, 6) is 1.89. The second-order valence-corrected chi connectivity index (χ2v) is 6.00. The fraction of sp³-hybridized carbons (Fsp3) is 0.692. The van der Waals surface area contributed by atoms with Gasteiger partial charge in [0.1, 0.15) is 16.7 Å². The number of hydrogen-bond acceptors (Lipinski definition) is 4. The first-order chi connectivity index (χ1) is 7.90. The summed E-state index contributed by atoms with van der Waals surface area (Å²) in [5, 5.41) is 4.46. The van der Waals surface area contributed by atoms with E-state index in [-0.39, 0.29) is 5.41 Å². The second-order valence-electron chi connectivity index (χ2n) is 5.21. The van der Waals surface area contributed by atoms with E-state index in [2.05, 4.69) is 56.2 Å². The van der Waals surface area contributed by atoms with Crippen LogP contribution in [0.25, 0.3) is 0 Å². The first-order valence-electron chi connectivity index (χ1n) is 6.07. The average Bonchev–Trinajstić information content (AvgIpc) is 2.26. The fourth-order valence-electron chi connectivity index (χ4n) is 1.45. The molecule has 0 atom stereocenters. The third-order valence-electron chi connectivity index (χ3n) is 2.51. The average molecular weight is 253 g/mol. The number of hydrogen-bond donors (Lipinski definition) is 1. The van der Waals surface area contributed by atoms with Crippen molar-refractivity contribution >= 4 is 17.6 Å². The maximum absolute atomic E-state index is 4.65. The molecular formula is C13H23N3S.